The number of carbonyl (C=O) groups excluding carboxylic acids is 2. The maximum absolute atomic E-state index is 12.2. The summed E-state index contributed by atoms with van der Waals surface area (Å²) in [7, 11) is 1.32. The number of esters is 1. The van der Waals surface area contributed by atoms with Crippen molar-refractivity contribution in [1.29, 1.82) is 0 Å². The van der Waals surface area contributed by atoms with Gasteiger partial charge in [0.15, 0.2) is 0 Å². The number of aromatic nitrogens is 2. The number of methoxy groups -OCH3 is 1. The SMILES string of the molecule is COC(=O)[C@H]1CCCCN1C(=O)c1noc(C)n1. The average Bonchev–Trinajstić information content (AvgIpc) is 2.83. The first-order chi connectivity index (χ1) is 8.63. The van der Waals surface area contributed by atoms with Crippen molar-refractivity contribution in [3.05, 3.63) is 11.7 Å². The van der Waals surface area contributed by atoms with Crippen LogP contribution < -0.4 is 0 Å². The number of hydrogen-bond donors (Lipinski definition) is 0. The molecule has 1 fully saturated rings. The van der Waals surface area contributed by atoms with Crippen LogP contribution in [-0.4, -0.2) is 46.6 Å². The number of ether oxygens (including phenoxy) is 1. The highest BCUT2D eigenvalue weighted by atomic mass is 16.5. The maximum atomic E-state index is 12.2. The Bertz CT molecular complexity index is 457. The molecule has 0 spiro atoms. The van der Waals surface area contributed by atoms with Gasteiger partial charge in [0.05, 0.1) is 7.11 Å². The molecule has 98 valence electrons. The van der Waals surface area contributed by atoms with Gasteiger partial charge in [-0.05, 0) is 19.3 Å². The van der Waals surface area contributed by atoms with Crippen molar-refractivity contribution in [3.63, 3.8) is 0 Å². The summed E-state index contributed by atoms with van der Waals surface area (Å²) >= 11 is 0. The predicted molar refractivity (Wildman–Crippen MR) is 59.7 cm³/mol. The Hall–Kier alpha value is -1.92. The molecular weight excluding hydrogens is 238 g/mol. The van der Waals surface area contributed by atoms with Crippen molar-refractivity contribution in [2.75, 3.05) is 13.7 Å². The summed E-state index contributed by atoms with van der Waals surface area (Å²) in [6.45, 7) is 2.12. The van der Waals surface area contributed by atoms with Crippen LogP contribution in [0.15, 0.2) is 4.52 Å². The van der Waals surface area contributed by atoms with Crippen molar-refractivity contribution < 1.29 is 18.8 Å². The van der Waals surface area contributed by atoms with Crippen LogP contribution in [0.3, 0.4) is 0 Å². The molecule has 7 heteroatoms. The van der Waals surface area contributed by atoms with E-state index in [9.17, 15) is 9.59 Å². The fourth-order valence-corrected chi connectivity index (χ4v) is 2.07. The molecule has 0 aliphatic carbocycles. The van der Waals surface area contributed by atoms with Crippen molar-refractivity contribution in [2.24, 2.45) is 0 Å². The maximum Gasteiger partial charge on any atom is 0.328 e. The van der Waals surface area contributed by atoms with Crippen molar-refractivity contribution in [1.82, 2.24) is 15.0 Å². The second kappa shape index (κ2) is 5.16. The molecule has 1 aliphatic rings. The largest absolute Gasteiger partial charge is 0.467 e. The topological polar surface area (TPSA) is 85.5 Å². The molecule has 1 amide bonds. The van der Waals surface area contributed by atoms with Crippen LogP contribution in [-0.2, 0) is 9.53 Å². The van der Waals surface area contributed by atoms with Crippen LogP contribution in [0.1, 0.15) is 35.8 Å². The van der Waals surface area contributed by atoms with Gasteiger partial charge < -0.3 is 14.2 Å². The van der Waals surface area contributed by atoms with Gasteiger partial charge in [-0.15, -0.1) is 0 Å². The van der Waals surface area contributed by atoms with Gasteiger partial charge in [0.1, 0.15) is 6.04 Å². The summed E-state index contributed by atoms with van der Waals surface area (Å²) < 4.78 is 9.49. The van der Waals surface area contributed by atoms with E-state index in [0.717, 1.165) is 12.8 Å². The first-order valence-electron chi connectivity index (χ1n) is 5.82. The van der Waals surface area contributed by atoms with Crippen LogP contribution in [0.5, 0.6) is 0 Å². The van der Waals surface area contributed by atoms with Gasteiger partial charge >= 0.3 is 5.97 Å². The summed E-state index contributed by atoms with van der Waals surface area (Å²) in [4.78, 5) is 29.2. The van der Waals surface area contributed by atoms with E-state index < -0.39 is 12.0 Å². The number of likely N-dealkylation sites (tertiary alicyclic amines) is 1. The first-order valence-corrected chi connectivity index (χ1v) is 5.82. The van der Waals surface area contributed by atoms with Crippen LogP contribution in [0.4, 0.5) is 0 Å². The lowest BCUT2D eigenvalue weighted by molar-refractivity contribution is -0.147. The molecule has 0 bridgehead atoms. The second-order valence-electron chi connectivity index (χ2n) is 4.17. The zero-order valence-corrected chi connectivity index (χ0v) is 10.4. The van der Waals surface area contributed by atoms with Gasteiger partial charge in [-0.25, -0.2) is 4.79 Å². The molecule has 0 aromatic carbocycles. The molecule has 1 saturated heterocycles. The van der Waals surface area contributed by atoms with E-state index in [2.05, 4.69) is 10.1 Å². The van der Waals surface area contributed by atoms with E-state index in [0.29, 0.717) is 18.9 Å². The number of rotatable bonds is 2. The summed E-state index contributed by atoms with van der Waals surface area (Å²) in [6, 6.07) is -0.546. The van der Waals surface area contributed by atoms with Crippen LogP contribution in [0.2, 0.25) is 0 Å². The molecule has 0 radical (unpaired) electrons. The third-order valence-corrected chi connectivity index (χ3v) is 2.96. The van der Waals surface area contributed by atoms with Gasteiger partial charge in [0, 0.05) is 13.5 Å². The summed E-state index contributed by atoms with van der Waals surface area (Å²) in [6.07, 6.45) is 2.36. The molecule has 1 aliphatic heterocycles. The highest BCUT2D eigenvalue weighted by molar-refractivity contribution is 5.93. The van der Waals surface area contributed by atoms with Crippen LogP contribution in [0, 0.1) is 6.92 Å². The van der Waals surface area contributed by atoms with Gasteiger partial charge in [-0.3, -0.25) is 4.79 Å². The van der Waals surface area contributed by atoms with Crippen LogP contribution in [0.25, 0.3) is 0 Å². The molecule has 18 heavy (non-hydrogen) atoms. The summed E-state index contributed by atoms with van der Waals surface area (Å²) in [5.41, 5.74) is 0. The third-order valence-electron chi connectivity index (χ3n) is 2.96. The Morgan fingerprint density at radius 2 is 2.22 bits per heavy atom. The zero-order valence-electron chi connectivity index (χ0n) is 10.4. The fraction of sp³-hybridized carbons (Fsp3) is 0.636. The first kappa shape index (κ1) is 12.5. The average molecular weight is 253 g/mol. The molecule has 7 nitrogen and oxygen atoms in total. The molecule has 2 heterocycles. The van der Waals surface area contributed by atoms with Crippen molar-refractivity contribution >= 4 is 11.9 Å². The minimum Gasteiger partial charge on any atom is -0.467 e. The second-order valence-corrected chi connectivity index (χ2v) is 4.17. The lowest BCUT2D eigenvalue weighted by Gasteiger charge is -2.32. The molecule has 1 atom stereocenters. The fourth-order valence-electron chi connectivity index (χ4n) is 2.07. The lowest BCUT2D eigenvalue weighted by atomic mass is 10.0. The molecule has 1 aromatic heterocycles. The number of aryl methyl sites for hydroxylation is 1. The van der Waals surface area contributed by atoms with Crippen molar-refractivity contribution in [2.45, 2.75) is 32.2 Å². The standard InChI is InChI=1S/C11H15N3O4/c1-7-12-9(13-18-7)10(15)14-6-4-3-5-8(14)11(16)17-2/h8H,3-6H2,1-2H3/t8-/m1/s1. The lowest BCUT2D eigenvalue weighted by Crippen LogP contribution is -2.48. The third kappa shape index (κ3) is 2.34. The summed E-state index contributed by atoms with van der Waals surface area (Å²) in [5.74, 6) is -0.474. The molecule has 0 saturated carbocycles. The van der Waals surface area contributed by atoms with Crippen molar-refractivity contribution in [3.8, 4) is 0 Å². The quantitative estimate of drug-likeness (QED) is 0.715. The van der Waals surface area contributed by atoms with E-state index in [4.69, 9.17) is 9.26 Å². The molecule has 1 aromatic rings. The Labute approximate surface area is 104 Å². The Morgan fingerprint density at radius 1 is 1.44 bits per heavy atom. The van der Waals surface area contributed by atoms with Gasteiger partial charge in [-0.1, -0.05) is 5.16 Å². The molecule has 0 N–H and O–H groups in total. The highest BCUT2D eigenvalue weighted by Crippen LogP contribution is 2.19. The highest BCUT2D eigenvalue weighted by Gasteiger charge is 2.35. The number of nitrogens with zero attached hydrogens (tertiary/aromatic N) is 3. The zero-order chi connectivity index (χ0) is 13.1. The minimum atomic E-state index is -0.546. The Kier molecular flexibility index (Phi) is 3.59. The predicted octanol–water partition coefficient (Wildman–Crippen LogP) is 0.546. The van der Waals surface area contributed by atoms with Crippen LogP contribution >= 0.6 is 0 Å². The smallest absolute Gasteiger partial charge is 0.328 e. The Balaban J connectivity index is 2.18. The number of hydrogen-bond acceptors (Lipinski definition) is 6. The van der Waals surface area contributed by atoms with E-state index in [1.807, 2.05) is 0 Å². The Morgan fingerprint density at radius 3 is 2.83 bits per heavy atom. The van der Waals surface area contributed by atoms with Gasteiger partial charge in [0.25, 0.3) is 11.7 Å². The number of amides is 1. The number of carbonyl (C=O) groups is 2. The van der Waals surface area contributed by atoms with E-state index in [1.165, 1.54) is 12.0 Å². The normalized spacial score (nSPS) is 19.7. The molecule has 0 unspecified atom stereocenters. The minimum absolute atomic E-state index is 0.0108. The summed E-state index contributed by atoms with van der Waals surface area (Å²) in [5, 5.41) is 3.58. The monoisotopic (exact) mass is 253 g/mol. The molecular formula is C11H15N3O4. The van der Waals surface area contributed by atoms with Gasteiger partial charge in [0.2, 0.25) is 5.89 Å². The van der Waals surface area contributed by atoms with E-state index in [1.54, 1.807) is 6.92 Å². The van der Waals surface area contributed by atoms with Gasteiger partial charge in [-0.2, -0.15) is 4.98 Å². The van der Waals surface area contributed by atoms with E-state index in [-0.39, 0.29) is 11.7 Å². The van der Waals surface area contributed by atoms with E-state index >= 15 is 0 Å². The number of piperidine rings is 1. The molecule has 2 rings (SSSR count).